The minimum Gasteiger partial charge on any atom is -0.295 e. The molecule has 1 saturated carbocycles. The fourth-order valence-electron chi connectivity index (χ4n) is 3.30. The van der Waals surface area contributed by atoms with Gasteiger partial charge in [-0.1, -0.05) is 32.8 Å². The quantitative estimate of drug-likeness (QED) is 0.638. The Morgan fingerprint density at radius 2 is 2.27 bits per heavy atom. The molecule has 0 aliphatic heterocycles. The summed E-state index contributed by atoms with van der Waals surface area (Å²) in [6.45, 7) is 7.00. The van der Waals surface area contributed by atoms with Crippen molar-refractivity contribution in [1.29, 1.82) is 0 Å². The van der Waals surface area contributed by atoms with Gasteiger partial charge in [-0.2, -0.15) is 0 Å². The summed E-state index contributed by atoms with van der Waals surface area (Å²) in [5, 5.41) is 0. The van der Waals surface area contributed by atoms with E-state index in [0.29, 0.717) is 11.2 Å². The Bertz CT molecular complexity index is 302. The van der Waals surface area contributed by atoms with E-state index in [1.54, 1.807) is 0 Å². The molecule has 0 bridgehead atoms. The first kappa shape index (κ1) is 10.9. The molecule has 2 rings (SSSR count). The lowest BCUT2D eigenvalue weighted by Gasteiger charge is -2.47. The van der Waals surface area contributed by atoms with Gasteiger partial charge in [0.15, 0.2) is 5.78 Å². The van der Waals surface area contributed by atoms with Crippen LogP contribution in [0.15, 0.2) is 11.6 Å². The summed E-state index contributed by atoms with van der Waals surface area (Å²) in [6.07, 6.45) is 7.58. The average Bonchev–Trinajstić information content (AvgIpc) is 2.21. The van der Waals surface area contributed by atoms with Gasteiger partial charge in [0.2, 0.25) is 0 Å². The minimum absolute atomic E-state index is 0.333. The first-order valence-electron chi connectivity index (χ1n) is 6.30. The van der Waals surface area contributed by atoms with E-state index in [2.05, 4.69) is 20.8 Å². The molecule has 0 aromatic carbocycles. The Balaban J connectivity index is 2.29. The van der Waals surface area contributed by atoms with Gasteiger partial charge in [-0.05, 0) is 42.6 Å². The smallest absolute Gasteiger partial charge is 0.155 e. The van der Waals surface area contributed by atoms with Crippen LogP contribution in [0, 0.1) is 17.3 Å². The van der Waals surface area contributed by atoms with Crippen LogP contribution in [0.2, 0.25) is 0 Å². The van der Waals surface area contributed by atoms with Gasteiger partial charge in [0.05, 0.1) is 0 Å². The van der Waals surface area contributed by atoms with Crippen molar-refractivity contribution < 1.29 is 4.79 Å². The maximum absolute atomic E-state index is 11.5. The van der Waals surface area contributed by atoms with Gasteiger partial charge in [-0.25, -0.2) is 0 Å². The van der Waals surface area contributed by atoms with Crippen molar-refractivity contribution in [1.82, 2.24) is 0 Å². The number of carbonyl (C=O) groups is 1. The largest absolute Gasteiger partial charge is 0.295 e. The third-order valence-electron chi connectivity index (χ3n) is 4.82. The van der Waals surface area contributed by atoms with Crippen molar-refractivity contribution in [2.45, 2.75) is 52.9 Å². The molecule has 1 heteroatoms. The summed E-state index contributed by atoms with van der Waals surface area (Å²) in [4.78, 5) is 11.5. The zero-order valence-electron chi connectivity index (χ0n) is 10.2. The van der Waals surface area contributed by atoms with Gasteiger partial charge in [-0.15, -0.1) is 0 Å². The molecule has 0 spiro atoms. The van der Waals surface area contributed by atoms with Crippen LogP contribution < -0.4 is 0 Å². The molecule has 0 radical (unpaired) electrons. The van der Waals surface area contributed by atoms with E-state index in [-0.39, 0.29) is 0 Å². The van der Waals surface area contributed by atoms with E-state index in [0.717, 1.165) is 24.7 Å². The van der Waals surface area contributed by atoms with Crippen molar-refractivity contribution in [3.8, 4) is 0 Å². The Kier molecular flexibility index (Phi) is 2.74. The van der Waals surface area contributed by atoms with Crippen molar-refractivity contribution in [3.63, 3.8) is 0 Å². The van der Waals surface area contributed by atoms with Crippen LogP contribution in [0.1, 0.15) is 52.9 Å². The maximum atomic E-state index is 11.5. The fourth-order valence-corrected chi connectivity index (χ4v) is 3.30. The molecule has 1 nitrogen and oxygen atoms in total. The highest BCUT2D eigenvalue weighted by Gasteiger charge is 2.42. The van der Waals surface area contributed by atoms with Crippen LogP contribution in [0.4, 0.5) is 0 Å². The number of fused-ring (bicyclic) bond motifs is 1. The topological polar surface area (TPSA) is 17.1 Å². The third-order valence-corrected chi connectivity index (χ3v) is 4.82. The molecule has 0 saturated heterocycles. The molecule has 0 unspecified atom stereocenters. The molecule has 3 atom stereocenters. The van der Waals surface area contributed by atoms with Gasteiger partial charge in [0, 0.05) is 6.42 Å². The monoisotopic (exact) mass is 206 g/mol. The Morgan fingerprint density at radius 3 is 2.93 bits per heavy atom. The molecule has 0 amide bonds. The Morgan fingerprint density at radius 1 is 1.53 bits per heavy atom. The number of hydrogen-bond acceptors (Lipinski definition) is 1. The van der Waals surface area contributed by atoms with Crippen molar-refractivity contribution in [2.24, 2.45) is 17.3 Å². The Hall–Kier alpha value is -0.590. The van der Waals surface area contributed by atoms with Crippen LogP contribution in [-0.4, -0.2) is 5.78 Å². The average molecular weight is 206 g/mol. The van der Waals surface area contributed by atoms with Crippen LogP contribution in [0.3, 0.4) is 0 Å². The molecule has 1 fully saturated rings. The van der Waals surface area contributed by atoms with Gasteiger partial charge in [-0.3, -0.25) is 4.79 Å². The van der Waals surface area contributed by atoms with Crippen molar-refractivity contribution >= 4 is 5.78 Å². The highest BCUT2D eigenvalue weighted by atomic mass is 16.1. The second-order valence-electron chi connectivity index (χ2n) is 5.67. The lowest BCUT2D eigenvalue weighted by atomic mass is 9.58. The summed E-state index contributed by atoms with van der Waals surface area (Å²) in [5.74, 6) is 1.91. The first-order chi connectivity index (χ1) is 7.06. The number of hydrogen-bond donors (Lipinski definition) is 0. The molecule has 2 aliphatic rings. The molecular formula is C14H22O. The highest BCUT2D eigenvalue weighted by Crippen LogP contribution is 2.52. The van der Waals surface area contributed by atoms with Crippen molar-refractivity contribution in [2.75, 3.05) is 0 Å². The summed E-state index contributed by atoms with van der Waals surface area (Å²) in [7, 11) is 0. The van der Waals surface area contributed by atoms with E-state index in [9.17, 15) is 4.79 Å². The van der Waals surface area contributed by atoms with Crippen LogP contribution >= 0.6 is 0 Å². The normalized spacial score (nSPS) is 41.0. The summed E-state index contributed by atoms with van der Waals surface area (Å²) >= 11 is 0. The zero-order valence-corrected chi connectivity index (χ0v) is 10.2. The van der Waals surface area contributed by atoms with Gasteiger partial charge in [0.25, 0.3) is 0 Å². The lowest BCUT2D eigenvalue weighted by Crippen LogP contribution is -2.37. The second-order valence-corrected chi connectivity index (χ2v) is 5.67. The lowest BCUT2D eigenvalue weighted by molar-refractivity contribution is -0.116. The number of rotatable bonds is 1. The molecule has 15 heavy (non-hydrogen) atoms. The van der Waals surface area contributed by atoms with Crippen LogP contribution in [0.25, 0.3) is 0 Å². The van der Waals surface area contributed by atoms with E-state index in [1.807, 2.05) is 6.08 Å². The summed E-state index contributed by atoms with van der Waals surface area (Å²) in [5.41, 5.74) is 1.78. The van der Waals surface area contributed by atoms with Gasteiger partial charge < -0.3 is 0 Å². The van der Waals surface area contributed by atoms with Gasteiger partial charge >= 0.3 is 0 Å². The number of carbonyl (C=O) groups excluding carboxylic acids is 1. The standard InChI is InChI=1S/C14H22O/c1-4-11-7-10(2)14(3)6-5-13(15)9-12(14)8-11/h9-11H,4-8H2,1-3H3/t10-,11-,14+/m0/s1. The molecule has 0 heterocycles. The zero-order chi connectivity index (χ0) is 11.1. The third kappa shape index (κ3) is 1.77. The second kappa shape index (κ2) is 3.77. The van der Waals surface area contributed by atoms with Crippen LogP contribution in [-0.2, 0) is 4.79 Å². The predicted octanol–water partition coefficient (Wildman–Crippen LogP) is 3.74. The van der Waals surface area contributed by atoms with Crippen molar-refractivity contribution in [3.05, 3.63) is 11.6 Å². The molecule has 0 aromatic heterocycles. The maximum Gasteiger partial charge on any atom is 0.155 e. The molecule has 84 valence electrons. The predicted molar refractivity (Wildman–Crippen MR) is 62.6 cm³/mol. The summed E-state index contributed by atoms with van der Waals surface area (Å²) in [6, 6.07) is 0. The molecular weight excluding hydrogens is 184 g/mol. The SMILES string of the molecule is CC[C@@H]1CC2=CC(=O)CC[C@]2(C)[C@@H](C)C1. The first-order valence-corrected chi connectivity index (χ1v) is 6.30. The fraction of sp³-hybridized carbons (Fsp3) is 0.786. The summed E-state index contributed by atoms with van der Waals surface area (Å²) < 4.78 is 0. The minimum atomic E-state index is 0.333. The molecule has 0 N–H and O–H groups in total. The van der Waals surface area contributed by atoms with E-state index >= 15 is 0 Å². The molecule has 2 aliphatic carbocycles. The van der Waals surface area contributed by atoms with E-state index in [4.69, 9.17) is 0 Å². The highest BCUT2D eigenvalue weighted by molar-refractivity contribution is 5.91. The van der Waals surface area contributed by atoms with E-state index < -0.39 is 0 Å². The van der Waals surface area contributed by atoms with Crippen LogP contribution in [0.5, 0.6) is 0 Å². The number of allylic oxidation sites excluding steroid dienone is 2. The number of ketones is 1. The van der Waals surface area contributed by atoms with E-state index in [1.165, 1.54) is 24.8 Å². The molecule has 0 aromatic rings. The van der Waals surface area contributed by atoms with Gasteiger partial charge in [0.1, 0.15) is 0 Å². The Labute approximate surface area is 92.9 Å².